The molecule has 5 heteroatoms. The summed E-state index contributed by atoms with van der Waals surface area (Å²) in [7, 11) is 0. The van der Waals surface area contributed by atoms with E-state index in [1.807, 2.05) is 46.9 Å². The van der Waals surface area contributed by atoms with Crippen LogP contribution in [0.1, 0.15) is 12.0 Å². The Bertz CT molecular complexity index is 631. The van der Waals surface area contributed by atoms with Crippen molar-refractivity contribution in [1.82, 2.24) is 0 Å². The molecule has 2 aromatic rings. The summed E-state index contributed by atoms with van der Waals surface area (Å²) >= 11 is 1.99. The fourth-order valence-corrected chi connectivity index (χ4v) is 2.43. The molecule has 0 saturated carbocycles. The average molecular weight is 384 g/mol. The smallest absolute Gasteiger partial charge is 0.224 e. The highest BCUT2D eigenvalue weighted by atomic mass is 127. The molecule has 2 aromatic carbocycles. The molecule has 0 aliphatic heterocycles. The summed E-state index contributed by atoms with van der Waals surface area (Å²) in [4.78, 5) is 11.9. The van der Waals surface area contributed by atoms with E-state index >= 15 is 0 Å². The Morgan fingerprint density at radius 1 is 1.25 bits per heavy atom. The van der Waals surface area contributed by atoms with Crippen molar-refractivity contribution < 1.29 is 9.18 Å². The lowest BCUT2D eigenvalue weighted by Gasteiger charge is -2.08. The number of amides is 1. The van der Waals surface area contributed by atoms with Crippen LogP contribution < -0.4 is 11.1 Å². The summed E-state index contributed by atoms with van der Waals surface area (Å²) in [5, 5.41) is 2.77. The van der Waals surface area contributed by atoms with Crippen LogP contribution in [0.2, 0.25) is 0 Å². The number of benzene rings is 2. The Balaban J connectivity index is 1.94. The topological polar surface area (TPSA) is 55.1 Å². The summed E-state index contributed by atoms with van der Waals surface area (Å²) in [6.45, 7) is 0. The van der Waals surface area contributed by atoms with E-state index in [0.29, 0.717) is 27.8 Å². The van der Waals surface area contributed by atoms with E-state index in [-0.39, 0.29) is 11.7 Å². The maximum atomic E-state index is 13.0. The van der Waals surface area contributed by atoms with Gasteiger partial charge in [-0.3, -0.25) is 4.79 Å². The van der Waals surface area contributed by atoms with Gasteiger partial charge in [-0.05, 0) is 58.8 Å². The van der Waals surface area contributed by atoms with Gasteiger partial charge in [0, 0.05) is 15.7 Å². The molecule has 20 heavy (non-hydrogen) atoms. The number of hydrogen-bond acceptors (Lipinski definition) is 2. The van der Waals surface area contributed by atoms with Crippen LogP contribution in [0.3, 0.4) is 0 Å². The van der Waals surface area contributed by atoms with E-state index in [4.69, 9.17) is 5.73 Å². The maximum absolute atomic E-state index is 13.0. The number of anilines is 2. The zero-order chi connectivity index (χ0) is 14.5. The zero-order valence-corrected chi connectivity index (χ0v) is 12.9. The third kappa shape index (κ3) is 3.93. The van der Waals surface area contributed by atoms with Crippen molar-refractivity contribution in [2.45, 2.75) is 12.8 Å². The van der Waals surface area contributed by atoms with E-state index in [0.717, 1.165) is 5.56 Å². The first-order valence-electron chi connectivity index (χ1n) is 6.14. The van der Waals surface area contributed by atoms with Gasteiger partial charge in [-0.1, -0.05) is 18.2 Å². The Morgan fingerprint density at radius 3 is 2.70 bits per heavy atom. The molecule has 0 atom stereocenters. The molecule has 1 amide bonds. The van der Waals surface area contributed by atoms with Crippen LogP contribution in [-0.2, 0) is 11.2 Å². The Hall–Kier alpha value is -1.63. The minimum absolute atomic E-state index is 0.113. The van der Waals surface area contributed by atoms with Gasteiger partial charge in [-0.2, -0.15) is 0 Å². The number of aryl methyl sites for hydroxylation is 1. The molecule has 0 saturated heterocycles. The molecule has 3 N–H and O–H groups in total. The van der Waals surface area contributed by atoms with Gasteiger partial charge in [0.1, 0.15) is 5.82 Å². The molecular formula is C15H14FIN2O. The van der Waals surface area contributed by atoms with Crippen molar-refractivity contribution in [3.63, 3.8) is 0 Å². The molecule has 0 aliphatic carbocycles. The van der Waals surface area contributed by atoms with Crippen LogP contribution in [-0.4, -0.2) is 5.91 Å². The Kier molecular flexibility index (Phi) is 4.94. The molecule has 0 radical (unpaired) electrons. The number of nitrogens with two attached hydrogens (primary N) is 1. The molecule has 0 aliphatic rings. The first kappa shape index (κ1) is 14.8. The second kappa shape index (κ2) is 6.69. The predicted molar refractivity (Wildman–Crippen MR) is 86.9 cm³/mol. The van der Waals surface area contributed by atoms with Crippen molar-refractivity contribution >= 4 is 39.9 Å². The van der Waals surface area contributed by atoms with Crippen LogP contribution in [0, 0.1) is 9.39 Å². The second-order valence-corrected chi connectivity index (χ2v) is 5.53. The first-order chi connectivity index (χ1) is 9.56. The first-order valence-corrected chi connectivity index (χ1v) is 7.22. The highest BCUT2D eigenvalue weighted by Crippen LogP contribution is 2.19. The third-order valence-electron chi connectivity index (χ3n) is 2.88. The molecule has 2 rings (SSSR count). The molecule has 0 fully saturated rings. The van der Waals surface area contributed by atoms with Gasteiger partial charge in [0.15, 0.2) is 0 Å². The van der Waals surface area contributed by atoms with Gasteiger partial charge < -0.3 is 11.1 Å². The quantitative estimate of drug-likeness (QED) is 0.626. The van der Waals surface area contributed by atoms with E-state index in [2.05, 4.69) is 5.32 Å². The number of nitrogens with one attached hydrogen (secondary N) is 1. The van der Waals surface area contributed by atoms with Crippen LogP contribution in [0.5, 0.6) is 0 Å². The van der Waals surface area contributed by atoms with Gasteiger partial charge in [-0.15, -0.1) is 0 Å². The van der Waals surface area contributed by atoms with Crippen LogP contribution in [0.4, 0.5) is 15.8 Å². The predicted octanol–water partition coefficient (Wildman–Crippen LogP) is 3.58. The van der Waals surface area contributed by atoms with Crippen molar-refractivity contribution in [2.75, 3.05) is 11.1 Å². The number of carbonyl (C=O) groups excluding carboxylic acids is 1. The number of nitrogen functional groups attached to an aromatic ring is 1. The fraction of sp³-hybridized carbons (Fsp3) is 0.133. The average Bonchev–Trinajstić information content (AvgIpc) is 2.41. The molecule has 0 aromatic heterocycles. The summed E-state index contributed by atoms with van der Waals surface area (Å²) in [5.41, 5.74) is 8.10. The van der Waals surface area contributed by atoms with Crippen LogP contribution in [0.15, 0.2) is 42.5 Å². The molecule has 104 valence electrons. The summed E-state index contributed by atoms with van der Waals surface area (Å²) < 4.78 is 13.6. The molecular weight excluding hydrogens is 370 g/mol. The summed E-state index contributed by atoms with van der Waals surface area (Å²) in [6, 6.07) is 11.7. The minimum Gasteiger partial charge on any atom is -0.399 e. The van der Waals surface area contributed by atoms with Crippen LogP contribution >= 0.6 is 22.6 Å². The minimum atomic E-state index is -0.315. The summed E-state index contributed by atoms with van der Waals surface area (Å²) in [5.74, 6) is -0.428. The fourth-order valence-electron chi connectivity index (χ4n) is 1.81. The van der Waals surface area contributed by atoms with Crippen molar-refractivity contribution in [3.05, 3.63) is 57.4 Å². The number of carbonyl (C=O) groups is 1. The third-order valence-corrected chi connectivity index (χ3v) is 3.77. The molecule has 0 spiro atoms. The largest absolute Gasteiger partial charge is 0.399 e. The van der Waals surface area contributed by atoms with Crippen molar-refractivity contribution in [2.24, 2.45) is 0 Å². The maximum Gasteiger partial charge on any atom is 0.224 e. The molecule has 0 heterocycles. The van der Waals surface area contributed by atoms with Gasteiger partial charge in [0.05, 0.1) is 5.69 Å². The Morgan fingerprint density at radius 2 is 2.00 bits per heavy atom. The highest BCUT2D eigenvalue weighted by molar-refractivity contribution is 14.1. The number of halogens is 2. The SMILES string of the molecule is Nc1ccccc1CCC(=O)Nc1ccc(F)cc1I. The Labute approximate surface area is 130 Å². The standard InChI is InChI=1S/C15H14FIN2O/c16-11-6-7-14(12(17)9-11)19-15(20)8-5-10-3-1-2-4-13(10)18/h1-4,6-7,9H,5,8,18H2,(H,19,20). The summed E-state index contributed by atoms with van der Waals surface area (Å²) in [6.07, 6.45) is 0.915. The molecule has 3 nitrogen and oxygen atoms in total. The number of rotatable bonds is 4. The second-order valence-electron chi connectivity index (χ2n) is 4.37. The lowest BCUT2D eigenvalue weighted by molar-refractivity contribution is -0.116. The van der Waals surface area contributed by atoms with Gasteiger partial charge in [-0.25, -0.2) is 4.39 Å². The van der Waals surface area contributed by atoms with Crippen molar-refractivity contribution in [3.8, 4) is 0 Å². The van der Waals surface area contributed by atoms with Gasteiger partial charge in [0.2, 0.25) is 5.91 Å². The highest BCUT2D eigenvalue weighted by Gasteiger charge is 2.07. The zero-order valence-electron chi connectivity index (χ0n) is 10.7. The molecule has 0 bridgehead atoms. The van der Waals surface area contributed by atoms with Crippen molar-refractivity contribution in [1.29, 1.82) is 0 Å². The number of hydrogen-bond donors (Lipinski definition) is 2. The lowest BCUT2D eigenvalue weighted by Crippen LogP contribution is -2.13. The molecule has 0 unspecified atom stereocenters. The van der Waals surface area contributed by atoms with Gasteiger partial charge >= 0.3 is 0 Å². The normalized spacial score (nSPS) is 10.3. The lowest BCUT2D eigenvalue weighted by atomic mass is 10.1. The van der Waals surface area contributed by atoms with E-state index in [1.165, 1.54) is 12.1 Å². The van der Waals surface area contributed by atoms with Gasteiger partial charge in [0.25, 0.3) is 0 Å². The van der Waals surface area contributed by atoms with E-state index in [9.17, 15) is 9.18 Å². The monoisotopic (exact) mass is 384 g/mol. The van der Waals surface area contributed by atoms with Crippen LogP contribution in [0.25, 0.3) is 0 Å². The van der Waals surface area contributed by atoms with E-state index in [1.54, 1.807) is 6.07 Å². The number of para-hydroxylation sites is 1. The van der Waals surface area contributed by atoms with E-state index < -0.39 is 0 Å².